The number of carbonyl (C=O) groups is 2. The predicted octanol–water partition coefficient (Wildman–Crippen LogP) is 1.08. The van der Waals surface area contributed by atoms with Gasteiger partial charge in [0.2, 0.25) is 5.91 Å². The van der Waals surface area contributed by atoms with Gasteiger partial charge in [0.1, 0.15) is 0 Å². The van der Waals surface area contributed by atoms with Crippen molar-refractivity contribution >= 4 is 23.0 Å². The second-order valence-corrected chi connectivity index (χ2v) is 7.39. The van der Waals surface area contributed by atoms with E-state index in [4.69, 9.17) is 0 Å². The van der Waals surface area contributed by atoms with Gasteiger partial charge >= 0.3 is 0 Å². The van der Waals surface area contributed by atoms with Crippen molar-refractivity contribution < 1.29 is 19.8 Å². The van der Waals surface area contributed by atoms with Crippen LogP contribution in [0.2, 0.25) is 0 Å². The fourth-order valence-corrected chi connectivity index (χ4v) is 4.37. The lowest BCUT2D eigenvalue weighted by Crippen LogP contribution is -2.38. The van der Waals surface area contributed by atoms with Gasteiger partial charge in [0, 0.05) is 13.1 Å². The van der Waals surface area contributed by atoms with E-state index in [0.717, 1.165) is 5.56 Å². The van der Waals surface area contributed by atoms with Crippen molar-refractivity contribution in [2.24, 2.45) is 11.8 Å². The summed E-state index contributed by atoms with van der Waals surface area (Å²) in [7, 11) is 0. The zero-order valence-electron chi connectivity index (χ0n) is 12.6. The predicted molar refractivity (Wildman–Crippen MR) is 82.8 cm³/mol. The Bertz CT molecular complexity index is 566. The molecule has 0 radical (unpaired) electrons. The van der Waals surface area contributed by atoms with Crippen molar-refractivity contribution in [3.63, 3.8) is 0 Å². The molecule has 120 valence electrons. The summed E-state index contributed by atoms with van der Waals surface area (Å²) in [6.45, 7) is 2.85. The second-order valence-electron chi connectivity index (χ2n) is 6.48. The summed E-state index contributed by atoms with van der Waals surface area (Å²) in [6, 6.07) is 1.79. The highest BCUT2D eigenvalue weighted by Crippen LogP contribution is 2.36. The summed E-state index contributed by atoms with van der Waals surface area (Å²) >= 11 is 1.38. The first-order chi connectivity index (χ1) is 10.4. The molecule has 1 amide bonds. The van der Waals surface area contributed by atoms with Crippen molar-refractivity contribution in [1.82, 2.24) is 4.90 Å². The highest BCUT2D eigenvalue weighted by Gasteiger charge is 2.42. The number of likely N-dealkylation sites (tertiary alicyclic amines) is 1. The normalized spacial score (nSPS) is 31.1. The Kier molecular flexibility index (Phi) is 4.34. The highest BCUT2D eigenvalue weighted by molar-refractivity contribution is 7.12. The van der Waals surface area contributed by atoms with E-state index >= 15 is 0 Å². The average Bonchev–Trinajstić information content (AvgIpc) is 3.06. The molecule has 1 saturated heterocycles. The number of carbonyl (C=O) groups excluding carboxylic acids is 2. The molecular weight excluding hydrogens is 302 g/mol. The maximum absolute atomic E-state index is 12.4. The summed E-state index contributed by atoms with van der Waals surface area (Å²) < 4.78 is 0. The summed E-state index contributed by atoms with van der Waals surface area (Å²) in [5, 5.41) is 21.4. The number of aliphatic hydroxyl groups excluding tert-OH is 2. The smallest absolute Gasteiger partial charge is 0.227 e. The monoisotopic (exact) mass is 323 g/mol. The fourth-order valence-electron chi connectivity index (χ4n) is 3.55. The molecule has 2 fully saturated rings. The van der Waals surface area contributed by atoms with Crippen LogP contribution in [0.4, 0.5) is 0 Å². The van der Waals surface area contributed by atoms with Crippen molar-refractivity contribution in [3.05, 3.63) is 21.9 Å². The number of Topliss-reactive ketones (excluding diaryl/α,β-unsaturated/α-hetero) is 1. The Hall–Kier alpha value is -1.24. The third kappa shape index (κ3) is 3.09. The summed E-state index contributed by atoms with van der Waals surface area (Å²) in [4.78, 5) is 26.2. The lowest BCUT2D eigenvalue weighted by atomic mass is 9.79. The lowest BCUT2D eigenvalue weighted by Gasteiger charge is -2.31. The van der Waals surface area contributed by atoms with E-state index in [1.54, 1.807) is 6.07 Å². The Morgan fingerprint density at radius 3 is 2.32 bits per heavy atom. The van der Waals surface area contributed by atoms with Gasteiger partial charge in [0.05, 0.1) is 23.5 Å². The van der Waals surface area contributed by atoms with Crippen molar-refractivity contribution in [3.8, 4) is 0 Å². The molecule has 2 aliphatic rings. The van der Waals surface area contributed by atoms with Crippen molar-refractivity contribution in [1.29, 1.82) is 0 Å². The number of nitrogens with zero attached hydrogens (tertiary/aromatic N) is 1. The second kappa shape index (κ2) is 6.10. The van der Waals surface area contributed by atoms with Gasteiger partial charge < -0.3 is 15.1 Å². The Morgan fingerprint density at radius 1 is 1.23 bits per heavy atom. The van der Waals surface area contributed by atoms with E-state index in [1.807, 2.05) is 10.3 Å². The SMILES string of the molecule is CC(=O)c1cc(CC(=O)N2C[C@H]3C[C@H](O)[C@@H](O)C[C@H]3C2)cs1. The topological polar surface area (TPSA) is 77.8 Å². The van der Waals surface area contributed by atoms with Crippen LogP contribution in [-0.4, -0.2) is 52.1 Å². The number of hydrogen-bond acceptors (Lipinski definition) is 5. The molecule has 2 N–H and O–H groups in total. The zero-order valence-corrected chi connectivity index (χ0v) is 13.4. The molecular formula is C16H21NO4S. The quantitative estimate of drug-likeness (QED) is 0.816. The standard InChI is InChI=1S/C16H21NO4S/c1-9(18)15-2-10(8-22-15)3-16(21)17-6-11-4-13(19)14(20)5-12(11)7-17/h2,8,11-14,19-20H,3-7H2,1H3/t11-,12+,13-,14-/m0/s1. The van der Waals surface area contributed by atoms with Crippen LogP contribution in [-0.2, 0) is 11.2 Å². The van der Waals surface area contributed by atoms with Gasteiger partial charge in [-0.2, -0.15) is 0 Å². The number of ketones is 1. The highest BCUT2D eigenvalue weighted by atomic mass is 32.1. The van der Waals surface area contributed by atoms with Crippen LogP contribution < -0.4 is 0 Å². The Morgan fingerprint density at radius 2 is 1.82 bits per heavy atom. The van der Waals surface area contributed by atoms with Gasteiger partial charge in [-0.05, 0) is 48.6 Å². The molecule has 0 bridgehead atoms. The van der Waals surface area contributed by atoms with E-state index < -0.39 is 12.2 Å². The summed E-state index contributed by atoms with van der Waals surface area (Å²) in [5.74, 6) is 0.667. The number of thiophene rings is 1. The van der Waals surface area contributed by atoms with Gasteiger partial charge in [0.25, 0.3) is 0 Å². The lowest BCUT2D eigenvalue weighted by molar-refractivity contribution is -0.129. The number of aliphatic hydroxyl groups is 2. The third-order valence-corrected chi connectivity index (χ3v) is 5.90. The molecule has 6 heteroatoms. The minimum absolute atomic E-state index is 0.0267. The Labute approximate surface area is 133 Å². The van der Waals surface area contributed by atoms with Crippen LogP contribution in [0.1, 0.15) is 35.0 Å². The molecule has 1 aliphatic heterocycles. The molecule has 1 aromatic rings. The van der Waals surface area contributed by atoms with Crippen LogP contribution in [0.5, 0.6) is 0 Å². The van der Waals surface area contributed by atoms with E-state index in [9.17, 15) is 19.8 Å². The fraction of sp³-hybridized carbons (Fsp3) is 0.625. The van der Waals surface area contributed by atoms with Gasteiger partial charge in [-0.3, -0.25) is 9.59 Å². The molecule has 1 saturated carbocycles. The number of rotatable bonds is 3. The average molecular weight is 323 g/mol. The van der Waals surface area contributed by atoms with Crippen LogP contribution in [0.25, 0.3) is 0 Å². The molecule has 5 nitrogen and oxygen atoms in total. The summed E-state index contributed by atoms with van der Waals surface area (Å²) in [6.07, 6.45) is 0.136. The maximum Gasteiger partial charge on any atom is 0.227 e. The van der Waals surface area contributed by atoms with Crippen molar-refractivity contribution in [2.45, 2.75) is 38.4 Å². The van der Waals surface area contributed by atoms with Crippen molar-refractivity contribution in [2.75, 3.05) is 13.1 Å². The van der Waals surface area contributed by atoms with E-state index in [2.05, 4.69) is 0 Å². The van der Waals surface area contributed by atoms with E-state index in [-0.39, 0.29) is 23.5 Å². The molecule has 22 heavy (non-hydrogen) atoms. The molecule has 1 aromatic heterocycles. The number of fused-ring (bicyclic) bond motifs is 1. The van der Waals surface area contributed by atoms with E-state index in [1.165, 1.54) is 18.3 Å². The van der Waals surface area contributed by atoms with Gasteiger partial charge in [-0.25, -0.2) is 0 Å². The molecule has 0 unspecified atom stereocenters. The molecule has 0 aromatic carbocycles. The maximum atomic E-state index is 12.4. The van der Waals surface area contributed by atoms with Crippen LogP contribution in [0, 0.1) is 11.8 Å². The molecule has 2 heterocycles. The van der Waals surface area contributed by atoms with Crippen LogP contribution in [0.15, 0.2) is 11.4 Å². The van der Waals surface area contributed by atoms with Crippen LogP contribution >= 0.6 is 11.3 Å². The molecule has 3 rings (SSSR count). The molecule has 0 spiro atoms. The van der Waals surface area contributed by atoms with Gasteiger partial charge in [-0.1, -0.05) is 0 Å². The third-order valence-electron chi connectivity index (χ3n) is 4.82. The summed E-state index contributed by atoms with van der Waals surface area (Å²) in [5.41, 5.74) is 0.884. The van der Waals surface area contributed by atoms with Gasteiger partial charge in [-0.15, -0.1) is 11.3 Å². The molecule has 4 atom stereocenters. The first-order valence-corrected chi connectivity index (χ1v) is 8.54. The minimum atomic E-state index is -0.661. The first kappa shape index (κ1) is 15.6. The first-order valence-electron chi connectivity index (χ1n) is 7.66. The Balaban J connectivity index is 1.60. The minimum Gasteiger partial charge on any atom is -0.390 e. The van der Waals surface area contributed by atoms with E-state index in [0.29, 0.717) is 37.2 Å². The number of hydrogen-bond donors (Lipinski definition) is 2. The largest absolute Gasteiger partial charge is 0.390 e. The zero-order chi connectivity index (χ0) is 15.9. The van der Waals surface area contributed by atoms with Gasteiger partial charge in [0.15, 0.2) is 5.78 Å². The van der Waals surface area contributed by atoms with Crippen LogP contribution in [0.3, 0.4) is 0 Å². The number of amides is 1. The molecule has 1 aliphatic carbocycles.